The molecular formula is C22H14ClN4O-. The van der Waals surface area contributed by atoms with Gasteiger partial charge in [-0.25, -0.2) is 0 Å². The van der Waals surface area contributed by atoms with Crippen molar-refractivity contribution in [2.75, 3.05) is 0 Å². The molecule has 0 spiro atoms. The Morgan fingerprint density at radius 3 is 2.39 bits per heavy atom. The molecule has 0 bridgehead atoms. The van der Waals surface area contributed by atoms with E-state index in [0.717, 1.165) is 5.56 Å². The van der Waals surface area contributed by atoms with Crippen molar-refractivity contribution < 1.29 is 5.11 Å². The third kappa shape index (κ3) is 4.17. The highest BCUT2D eigenvalue weighted by atomic mass is 35.5. The quantitative estimate of drug-likeness (QED) is 0.505. The smallest absolute Gasteiger partial charge is 0.116 e. The van der Waals surface area contributed by atoms with Gasteiger partial charge < -0.3 is 5.11 Å². The molecule has 0 aliphatic rings. The summed E-state index contributed by atoms with van der Waals surface area (Å²) >= 11 is 5.97. The molecule has 1 unspecified atom stereocenters. The zero-order chi connectivity index (χ0) is 20.1. The Kier molecular flexibility index (Phi) is 5.69. The highest BCUT2D eigenvalue weighted by Crippen LogP contribution is 2.27. The Balaban J connectivity index is 2.06. The van der Waals surface area contributed by atoms with Gasteiger partial charge in [-0.15, -0.1) is 0 Å². The molecule has 3 aromatic rings. The summed E-state index contributed by atoms with van der Waals surface area (Å²) in [6.45, 7) is 1.77. The van der Waals surface area contributed by atoms with Crippen LogP contribution in [0.25, 0.3) is 0 Å². The van der Waals surface area contributed by atoms with Gasteiger partial charge in [-0.1, -0.05) is 29.8 Å². The minimum Gasteiger partial charge on any atom is -0.858 e. The van der Waals surface area contributed by atoms with Crippen LogP contribution in [0, 0.1) is 29.6 Å². The maximum atomic E-state index is 12.8. The van der Waals surface area contributed by atoms with E-state index < -0.39 is 11.9 Å². The topological polar surface area (TPSA) is 95.9 Å². The second-order valence-corrected chi connectivity index (χ2v) is 6.55. The Morgan fingerprint density at radius 2 is 1.82 bits per heavy atom. The van der Waals surface area contributed by atoms with Gasteiger partial charge in [0.25, 0.3) is 0 Å². The third-order valence-electron chi connectivity index (χ3n) is 4.22. The molecule has 0 aliphatic carbocycles. The zero-order valence-electron chi connectivity index (χ0n) is 14.9. The molecule has 1 heterocycles. The Bertz CT molecular complexity index is 1110. The monoisotopic (exact) mass is 385 g/mol. The van der Waals surface area contributed by atoms with Crippen LogP contribution in [-0.2, 0) is 0 Å². The van der Waals surface area contributed by atoms with Gasteiger partial charge in [0.1, 0.15) is 12.1 Å². The normalized spacial score (nSPS) is 12.1. The summed E-state index contributed by atoms with van der Waals surface area (Å²) in [7, 11) is 0. The lowest BCUT2D eigenvalue weighted by Gasteiger charge is -2.19. The van der Waals surface area contributed by atoms with E-state index in [1.807, 2.05) is 6.07 Å². The molecule has 5 nitrogen and oxygen atoms in total. The van der Waals surface area contributed by atoms with Crippen molar-refractivity contribution in [1.82, 2.24) is 4.98 Å². The Morgan fingerprint density at radius 1 is 1.07 bits per heavy atom. The zero-order valence-corrected chi connectivity index (χ0v) is 15.7. The fourth-order valence-electron chi connectivity index (χ4n) is 2.70. The molecule has 0 fully saturated rings. The van der Waals surface area contributed by atoms with E-state index in [9.17, 15) is 5.11 Å². The number of aliphatic imine (C=N–C) groups is 1. The number of aryl methyl sites for hydroxylation is 1. The summed E-state index contributed by atoms with van der Waals surface area (Å²) in [5.41, 5.74) is 3.33. The number of rotatable bonds is 4. The highest BCUT2D eigenvalue weighted by Gasteiger charge is 2.15. The van der Waals surface area contributed by atoms with Crippen LogP contribution in [0.1, 0.15) is 39.6 Å². The van der Waals surface area contributed by atoms with Crippen molar-refractivity contribution >= 4 is 17.5 Å². The summed E-state index contributed by atoms with van der Waals surface area (Å²) in [5.74, 6) is -0.418. The number of hydrogen-bond acceptors (Lipinski definition) is 5. The van der Waals surface area contributed by atoms with Gasteiger partial charge in [0.2, 0.25) is 0 Å². The SMILES string of the molecule is Cc1cc(C([O-])=NC(c2ccc(Cl)cc2)c2ccc(C#N)cn2)ccc1C#N. The van der Waals surface area contributed by atoms with Crippen molar-refractivity contribution in [3.8, 4) is 12.1 Å². The fourth-order valence-corrected chi connectivity index (χ4v) is 2.83. The van der Waals surface area contributed by atoms with Gasteiger partial charge >= 0.3 is 0 Å². The predicted octanol–water partition coefficient (Wildman–Crippen LogP) is 3.68. The van der Waals surface area contributed by atoms with E-state index in [-0.39, 0.29) is 0 Å². The van der Waals surface area contributed by atoms with Crippen LogP contribution >= 0.6 is 11.6 Å². The Hall–Kier alpha value is -3.67. The van der Waals surface area contributed by atoms with Crippen molar-refractivity contribution in [2.45, 2.75) is 13.0 Å². The number of hydrogen-bond donors (Lipinski definition) is 0. The number of pyridine rings is 1. The first-order chi connectivity index (χ1) is 13.5. The van der Waals surface area contributed by atoms with E-state index in [0.29, 0.717) is 33.0 Å². The summed E-state index contributed by atoms with van der Waals surface area (Å²) < 4.78 is 0. The van der Waals surface area contributed by atoms with E-state index >= 15 is 0 Å². The average molecular weight is 386 g/mol. The molecule has 0 radical (unpaired) electrons. The molecule has 136 valence electrons. The second-order valence-electron chi connectivity index (χ2n) is 6.11. The second kappa shape index (κ2) is 8.35. The van der Waals surface area contributed by atoms with Crippen LogP contribution in [-0.4, -0.2) is 10.9 Å². The molecule has 0 saturated carbocycles. The van der Waals surface area contributed by atoms with Gasteiger partial charge in [-0.2, -0.15) is 10.5 Å². The predicted molar refractivity (Wildman–Crippen MR) is 105 cm³/mol. The van der Waals surface area contributed by atoms with Crippen molar-refractivity contribution in [2.24, 2.45) is 4.99 Å². The van der Waals surface area contributed by atoms with Crippen molar-refractivity contribution in [3.63, 3.8) is 0 Å². The fraction of sp³-hybridized carbons (Fsp3) is 0.0909. The molecule has 0 N–H and O–H groups in total. The summed E-state index contributed by atoms with van der Waals surface area (Å²) in [6, 6.07) is 18.6. The van der Waals surface area contributed by atoms with E-state index in [1.165, 1.54) is 6.20 Å². The van der Waals surface area contributed by atoms with Crippen LogP contribution in [0.15, 0.2) is 65.8 Å². The van der Waals surface area contributed by atoms with E-state index in [4.69, 9.17) is 22.1 Å². The summed E-state index contributed by atoms with van der Waals surface area (Å²) in [4.78, 5) is 8.65. The number of benzene rings is 2. The molecule has 28 heavy (non-hydrogen) atoms. The maximum absolute atomic E-state index is 12.8. The lowest BCUT2D eigenvalue weighted by atomic mass is 10.0. The molecule has 6 heteroatoms. The lowest BCUT2D eigenvalue weighted by Crippen LogP contribution is -2.21. The molecule has 3 rings (SSSR count). The van der Waals surface area contributed by atoms with E-state index in [2.05, 4.69) is 16.0 Å². The van der Waals surface area contributed by atoms with Crippen molar-refractivity contribution in [1.29, 1.82) is 10.5 Å². The average Bonchev–Trinajstić information content (AvgIpc) is 2.72. The van der Waals surface area contributed by atoms with Gasteiger partial charge in [0, 0.05) is 11.2 Å². The van der Waals surface area contributed by atoms with Gasteiger partial charge in [0.05, 0.1) is 22.9 Å². The summed E-state index contributed by atoms with van der Waals surface area (Å²) in [6.07, 6.45) is 1.45. The largest absolute Gasteiger partial charge is 0.858 e. The Labute approximate surface area is 167 Å². The van der Waals surface area contributed by atoms with Crippen LogP contribution in [0.3, 0.4) is 0 Å². The van der Waals surface area contributed by atoms with Gasteiger partial charge in [-0.05, 0) is 65.9 Å². The molecule has 0 amide bonds. The first kappa shape index (κ1) is 19.1. The lowest BCUT2D eigenvalue weighted by molar-refractivity contribution is -0.213. The minimum absolute atomic E-state index is 0.393. The molecule has 0 aliphatic heterocycles. The van der Waals surface area contributed by atoms with Crippen LogP contribution in [0.5, 0.6) is 0 Å². The number of halogens is 1. The maximum Gasteiger partial charge on any atom is 0.116 e. The van der Waals surface area contributed by atoms with Gasteiger partial charge in [-0.3, -0.25) is 9.98 Å². The molecule has 1 aromatic heterocycles. The number of aromatic nitrogens is 1. The van der Waals surface area contributed by atoms with E-state index in [1.54, 1.807) is 61.5 Å². The van der Waals surface area contributed by atoms with Crippen molar-refractivity contribution in [3.05, 3.63) is 99.3 Å². The van der Waals surface area contributed by atoms with Crippen LogP contribution < -0.4 is 5.11 Å². The minimum atomic E-state index is -0.645. The molecule has 0 saturated heterocycles. The molecule has 2 aromatic carbocycles. The number of nitrogens with zero attached hydrogens (tertiary/aromatic N) is 4. The first-order valence-electron chi connectivity index (χ1n) is 8.39. The third-order valence-corrected chi connectivity index (χ3v) is 4.47. The standard InChI is InChI=1S/C22H15ClN4O/c1-14-10-17(3-4-18(14)12-25)22(28)27-21(16-5-7-19(23)8-6-16)20-9-2-15(11-24)13-26-20/h2-10,13,21H,1H3,(H,27,28)/p-1. The molecule has 1 atom stereocenters. The summed E-state index contributed by atoms with van der Waals surface area (Å²) in [5, 5.41) is 31.4. The van der Waals surface area contributed by atoms with Crippen LogP contribution in [0.4, 0.5) is 0 Å². The first-order valence-corrected chi connectivity index (χ1v) is 8.77. The highest BCUT2D eigenvalue weighted by molar-refractivity contribution is 6.30. The van der Waals surface area contributed by atoms with Crippen LogP contribution in [0.2, 0.25) is 5.02 Å². The number of nitriles is 2. The van der Waals surface area contributed by atoms with Gasteiger partial charge in [0.15, 0.2) is 0 Å². The molecular weight excluding hydrogens is 372 g/mol.